The number of anilines is 1. The highest BCUT2D eigenvalue weighted by molar-refractivity contribution is 7.98. The quantitative estimate of drug-likeness (QED) is 0.260. The number of benzene rings is 2. The zero-order valence-electron chi connectivity index (χ0n) is 23.3. The molecule has 1 atom stereocenters. The van der Waals surface area contributed by atoms with Crippen LogP contribution in [-0.2, 0) is 5.75 Å². The van der Waals surface area contributed by atoms with Gasteiger partial charge in [0.15, 0.2) is 11.6 Å². The fourth-order valence-corrected chi connectivity index (χ4v) is 5.91. The number of hydrogen-bond donors (Lipinski definition) is 0. The van der Waals surface area contributed by atoms with Gasteiger partial charge in [-0.25, -0.2) is 4.39 Å². The van der Waals surface area contributed by atoms with Gasteiger partial charge in [0, 0.05) is 37.9 Å². The minimum Gasteiger partial charge on any atom is -0.487 e. The summed E-state index contributed by atoms with van der Waals surface area (Å²) < 4.78 is 35.3. The van der Waals surface area contributed by atoms with Crippen molar-refractivity contribution in [1.29, 1.82) is 0 Å². The first kappa shape index (κ1) is 26.7. The predicted octanol–water partition coefficient (Wildman–Crippen LogP) is 4.55. The molecule has 42 heavy (non-hydrogen) atoms. The standard InChI is InChI=1S/C29H28FN7O4S/c1-16-4-6-18(7-5-16)27-32-31-22(40-27)15-42-29-34-33-28(41-29)20-13-37-17(2)14-39-26-23(37)19(25(20)38)12-21(30)24(26)36-10-8-35(3)9-11-36/h4-7,12-13,17H,8-11,14-15H2,1-3H3. The van der Waals surface area contributed by atoms with Crippen molar-refractivity contribution in [2.45, 2.75) is 30.9 Å². The van der Waals surface area contributed by atoms with Gasteiger partial charge in [0.2, 0.25) is 17.2 Å². The Bertz CT molecular complexity index is 1840. The lowest BCUT2D eigenvalue weighted by Gasteiger charge is -2.37. The molecule has 2 aromatic carbocycles. The van der Waals surface area contributed by atoms with Crippen LogP contribution >= 0.6 is 11.8 Å². The summed E-state index contributed by atoms with van der Waals surface area (Å²) in [6.45, 7) is 7.32. The number of piperazine rings is 1. The van der Waals surface area contributed by atoms with E-state index in [9.17, 15) is 4.79 Å². The first-order valence-electron chi connectivity index (χ1n) is 13.7. The van der Waals surface area contributed by atoms with Crippen LogP contribution in [0.3, 0.4) is 0 Å². The highest BCUT2D eigenvalue weighted by Gasteiger charge is 2.31. The van der Waals surface area contributed by atoms with Crippen LogP contribution in [0.4, 0.5) is 10.1 Å². The molecule has 1 fully saturated rings. The molecule has 3 aromatic heterocycles. The molecule has 2 aliphatic heterocycles. The summed E-state index contributed by atoms with van der Waals surface area (Å²) in [5, 5.41) is 16.9. The Balaban J connectivity index is 1.18. The zero-order chi connectivity index (χ0) is 29.0. The third-order valence-electron chi connectivity index (χ3n) is 7.68. The largest absolute Gasteiger partial charge is 0.487 e. The lowest BCUT2D eigenvalue weighted by atomic mass is 10.1. The molecule has 7 rings (SSSR count). The highest BCUT2D eigenvalue weighted by atomic mass is 32.2. The molecule has 216 valence electrons. The number of ether oxygens (including phenoxy) is 1. The average Bonchev–Trinajstić information content (AvgIpc) is 3.66. The Hall–Kier alpha value is -4.23. The summed E-state index contributed by atoms with van der Waals surface area (Å²) in [6, 6.07) is 9.02. The fourth-order valence-electron chi connectivity index (χ4n) is 5.31. The highest BCUT2D eigenvalue weighted by Crippen LogP contribution is 2.42. The van der Waals surface area contributed by atoms with E-state index < -0.39 is 11.2 Å². The second-order valence-corrected chi connectivity index (χ2v) is 11.6. The smallest absolute Gasteiger partial charge is 0.277 e. The summed E-state index contributed by atoms with van der Waals surface area (Å²) in [4.78, 5) is 17.9. The number of pyridine rings is 1. The summed E-state index contributed by atoms with van der Waals surface area (Å²) in [7, 11) is 2.05. The second-order valence-electron chi connectivity index (χ2n) is 10.7. The Morgan fingerprint density at radius 3 is 2.57 bits per heavy atom. The van der Waals surface area contributed by atoms with Gasteiger partial charge in [-0.3, -0.25) is 4.79 Å². The molecule has 0 bridgehead atoms. The van der Waals surface area contributed by atoms with E-state index in [4.69, 9.17) is 13.6 Å². The van der Waals surface area contributed by atoms with Crippen molar-refractivity contribution in [3.05, 3.63) is 64.0 Å². The normalized spacial score (nSPS) is 17.1. The van der Waals surface area contributed by atoms with Crippen LogP contribution in [0.15, 0.2) is 55.4 Å². The van der Waals surface area contributed by atoms with Crippen molar-refractivity contribution in [3.63, 3.8) is 0 Å². The number of nitrogens with zero attached hydrogens (tertiary/aromatic N) is 7. The predicted molar refractivity (Wildman–Crippen MR) is 155 cm³/mol. The maximum Gasteiger partial charge on any atom is 0.277 e. The molecule has 0 amide bonds. The van der Waals surface area contributed by atoms with Gasteiger partial charge in [-0.2, -0.15) is 0 Å². The van der Waals surface area contributed by atoms with Gasteiger partial charge in [-0.05, 0) is 39.1 Å². The van der Waals surface area contributed by atoms with Gasteiger partial charge in [0.05, 0.1) is 22.7 Å². The molecule has 2 aliphatic rings. The summed E-state index contributed by atoms with van der Waals surface area (Å²) in [5.41, 5.74) is 2.76. The second kappa shape index (κ2) is 10.6. The fraction of sp³-hybridized carbons (Fsp3) is 0.345. The van der Waals surface area contributed by atoms with Crippen molar-refractivity contribution >= 4 is 28.4 Å². The lowest BCUT2D eigenvalue weighted by Crippen LogP contribution is -2.45. The Kier molecular flexibility index (Phi) is 6.70. The number of thioether (sulfide) groups is 1. The molecule has 1 saturated heterocycles. The minimum absolute atomic E-state index is 0.0582. The summed E-state index contributed by atoms with van der Waals surface area (Å²) in [5.74, 6) is 1.11. The van der Waals surface area contributed by atoms with Gasteiger partial charge < -0.3 is 27.9 Å². The molecular formula is C29H28FN7O4S. The van der Waals surface area contributed by atoms with Crippen LogP contribution in [0.1, 0.15) is 24.4 Å². The maximum atomic E-state index is 15.7. The molecule has 0 spiro atoms. The van der Waals surface area contributed by atoms with E-state index in [2.05, 4.69) is 25.3 Å². The van der Waals surface area contributed by atoms with Gasteiger partial charge in [-0.15, -0.1) is 20.4 Å². The number of aromatic nitrogens is 5. The van der Waals surface area contributed by atoms with E-state index in [0.717, 1.165) is 24.2 Å². The van der Waals surface area contributed by atoms with Crippen molar-refractivity contribution in [2.75, 3.05) is 44.7 Å². The third-order valence-corrected chi connectivity index (χ3v) is 8.49. The zero-order valence-corrected chi connectivity index (χ0v) is 24.2. The number of halogens is 1. The topological polar surface area (TPSA) is 116 Å². The van der Waals surface area contributed by atoms with Crippen molar-refractivity contribution in [2.24, 2.45) is 0 Å². The van der Waals surface area contributed by atoms with Crippen LogP contribution in [0.5, 0.6) is 5.75 Å². The van der Waals surface area contributed by atoms with Crippen LogP contribution in [0.2, 0.25) is 0 Å². The van der Waals surface area contributed by atoms with Crippen LogP contribution < -0.4 is 15.1 Å². The van der Waals surface area contributed by atoms with E-state index in [-0.39, 0.29) is 28.1 Å². The molecule has 13 heteroatoms. The molecule has 5 aromatic rings. The Labute approximate surface area is 244 Å². The van der Waals surface area contributed by atoms with E-state index in [1.807, 2.05) is 54.6 Å². The number of hydrogen-bond acceptors (Lipinski definition) is 11. The van der Waals surface area contributed by atoms with E-state index >= 15 is 4.39 Å². The first-order chi connectivity index (χ1) is 20.4. The number of aryl methyl sites for hydroxylation is 1. The van der Waals surface area contributed by atoms with E-state index in [1.54, 1.807) is 6.20 Å². The Morgan fingerprint density at radius 2 is 1.79 bits per heavy atom. The monoisotopic (exact) mass is 589 g/mol. The summed E-state index contributed by atoms with van der Waals surface area (Å²) >= 11 is 1.22. The average molecular weight is 590 g/mol. The van der Waals surface area contributed by atoms with Crippen LogP contribution in [0, 0.1) is 12.7 Å². The van der Waals surface area contributed by atoms with Crippen molar-refractivity contribution in [1.82, 2.24) is 29.9 Å². The minimum atomic E-state index is -0.483. The molecule has 1 unspecified atom stereocenters. The van der Waals surface area contributed by atoms with Crippen LogP contribution in [0.25, 0.3) is 33.8 Å². The van der Waals surface area contributed by atoms with E-state index in [0.29, 0.717) is 54.2 Å². The maximum absolute atomic E-state index is 15.7. The number of rotatable bonds is 6. The summed E-state index contributed by atoms with van der Waals surface area (Å²) in [6.07, 6.45) is 1.71. The molecule has 0 N–H and O–H groups in total. The van der Waals surface area contributed by atoms with Gasteiger partial charge in [0.1, 0.15) is 17.9 Å². The lowest BCUT2D eigenvalue weighted by molar-refractivity contribution is 0.245. The van der Waals surface area contributed by atoms with Gasteiger partial charge >= 0.3 is 0 Å². The van der Waals surface area contributed by atoms with Gasteiger partial charge in [-0.1, -0.05) is 29.5 Å². The van der Waals surface area contributed by atoms with E-state index in [1.165, 1.54) is 17.8 Å². The molecule has 5 heterocycles. The molecule has 0 saturated carbocycles. The van der Waals surface area contributed by atoms with Crippen molar-refractivity contribution < 1.29 is 18.0 Å². The van der Waals surface area contributed by atoms with Crippen LogP contribution in [-0.4, -0.2) is 69.7 Å². The molecule has 0 aliphatic carbocycles. The molecule has 11 nitrogen and oxygen atoms in total. The van der Waals surface area contributed by atoms with Gasteiger partial charge in [0.25, 0.3) is 11.1 Å². The third kappa shape index (κ3) is 4.71. The molecular weight excluding hydrogens is 561 g/mol. The SMILES string of the molecule is Cc1ccc(-c2nnc(CSc3nnc(-c4cn5c6c(c(N7CCN(C)CC7)c(F)cc6c4=O)OCC5C)o3)o2)cc1. The van der Waals surface area contributed by atoms with Crippen molar-refractivity contribution in [3.8, 4) is 28.7 Å². The molecule has 0 radical (unpaired) electrons. The Morgan fingerprint density at radius 1 is 1.02 bits per heavy atom. The first-order valence-corrected chi connectivity index (χ1v) is 14.7. The number of likely N-dealkylation sites (N-methyl/N-ethyl adjacent to an activating group) is 1.